The quantitative estimate of drug-likeness (QED) is 0.0797. The Kier molecular flexibility index (Phi) is 21.7. The number of hydrogen-bond donors (Lipinski definition) is 4. The predicted molar refractivity (Wildman–Crippen MR) is 365 cm³/mol. The molecule has 6 aromatic carbocycles. The Morgan fingerprint density at radius 3 is 1.34 bits per heavy atom. The minimum absolute atomic E-state index is 0.0548. The topological polar surface area (TPSA) is 194 Å². The minimum atomic E-state index is -0.376. The van der Waals surface area contributed by atoms with E-state index in [0.29, 0.717) is 102 Å². The second-order valence-electron chi connectivity index (χ2n) is 22.9. The van der Waals surface area contributed by atoms with E-state index in [1.165, 1.54) is 0 Å². The highest BCUT2D eigenvalue weighted by atomic mass is 127. The maximum atomic E-state index is 13.5. The molecule has 472 valence electrons. The molecule has 0 saturated carbocycles. The van der Waals surface area contributed by atoms with Crippen molar-refractivity contribution in [2.24, 2.45) is 5.73 Å². The molecule has 4 saturated heterocycles. The number of aromatic nitrogens is 4. The Hall–Kier alpha value is -6.27. The van der Waals surface area contributed by atoms with E-state index in [9.17, 15) is 9.59 Å². The molecule has 2 amide bonds. The zero-order valence-electron chi connectivity index (χ0n) is 51.1. The van der Waals surface area contributed by atoms with Crippen molar-refractivity contribution in [3.8, 4) is 45.3 Å². The molecule has 0 radical (unpaired) electrons. The summed E-state index contributed by atoms with van der Waals surface area (Å²) in [5.74, 6) is 1.77. The molecule has 89 heavy (non-hydrogen) atoms. The van der Waals surface area contributed by atoms with Crippen molar-refractivity contribution >= 4 is 120 Å². The van der Waals surface area contributed by atoms with E-state index >= 15 is 0 Å². The van der Waals surface area contributed by atoms with Gasteiger partial charge in [-0.2, -0.15) is 10.2 Å². The summed E-state index contributed by atoms with van der Waals surface area (Å²) in [6.45, 7) is 14.0. The summed E-state index contributed by atoms with van der Waals surface area (Å²) in [5.41, 5.74) is 13.3. The van der Waals surface area contributed by atoms with Gasteiger partial charge in [-0.25, -0.2) is 9.36 Å². The molecule has 5 N–H and O–H groups in total. The number of rotatable bonds is 13. The van der Waals surface area contributed by atoms with Crippen molar-refractivity contribution in [3.05, 3.63) is 132 Å². The lowest BCUT2D eigenvalue weighted by atomic mass is 10.0. The van der Waals surface area contributed by atoms with E-state index in [0.717, 1.165) is 119 Å². The molecular formula is C66H75Cl4IN10O8. The minimum Gasteiger partial charge on any atom is -0.495 e. The van der Waals surface area contributed by atoms with Gasteiger partial charge in [0.1, 0.15) is 26.7 Å². The van der Waals surface area contributed by atoms with Gasteiger partial charge in [0.25, 0.3) is 5.91 Å². The number of carbonyl (C=O) groups excluding carboxylic acids is 2. The molecule has 6 atom stereocenters. The molecule has 4 fully saturated rings. The highest BCUT2D eigenvalue weighted by Gasteiger charge is 2.28. The molecule has 12 rings (SSSR count). The molecule has 0 spiro atoms. The van der Waals surface area contributed by atoms with Crippen LogP contribution in [-0.2, 0) is 9.47 Å². The van der Waals surface area contributed by atoms with Crippen molar-refractivity contribution < 1.29 is 38.0 Å². The van der Waals surface area contributed by atoms with Crippen LogP contribution in [0.4, 0.5) is 17.2 Å². The van der Waals surface area contributed by atoms with E-state index in [2.05, 4.69) is 82.1 Å². The number of hydrogen-bond acceptors (Lipinski definition) is 14. The van der Waals surface area contributed by atoms with Gasteiger partial charge in [0, 0.05) is 120 Å². The Labute approximate surface area is 552 Å². The molecule has 6 heterocycles. The molecule has 8 aromatic rings. The van der Waals surface area contributed by atoms with E-state index in [-0.39, 0.29) is 24.3 Å². The van der Waals surface area contributed by atoms with Gasteiger partial charge in [0.2, 0.25) is 5.91 Å². The number of nitrogens with two attached hydrogens (primary N) is 1. The van der Waals surface area contributed by atoms with Gasteiger partial charge < -0.3 is 59.9 Å². The predicted octanol–water partition coefficient (Wildman–Crippen LogP) is 14.5. The van der Waals surface area contributed by atoms with Crippen LogP contribution in [-0.4, -0.2) is 123 Å². The first-order valence-electron chi connectivity index (χ1n) is 29.9. The lowest BCUT2D eigenvalue weighted by Gasteiger charge is -2.37. The number of fused-ring (bicyclic) bond motifs is 2. The van der Waals surface area contributed by atoms with Crippen molar-refractivity contribution in [2.75, 3.05) is 82.9 Å². The Bertz CT molecular complexity index is 3750. The van der Waals surface area contributed by atoms with Crippen LogP contribution < -0.4 is 50.4 Å². The van der Waals surface area contributed by atoms with Crippen LogP contribution in [0.1, 0.15) is 99.4 Å². The lowest BCUT2D eigenvalue weighted by Crippen LogP contribution is -2.54. The first kappa shape index (κ1) is 65.7. The van der Waals surface area contributed by atoms with Crippen LogP contribution in [0, 0.1) is 3.70 Å². The van der Waals surface area contributed by atoms with Crippen LogP contribution in [0.2, 0.25) is 20.1 Å². The van der Waals surface area contributed by atoms with Crippen molar-refractivity contribution in [1.82, 2.24) is 30.2 Å². The fourth-order valence-electron chi connectivity index (χ4n) is 12.1. The number of benzene rings is 6. The Balaban J connectivity index is 0.000000165. The molecule has 0 bridgehead atoms. The highest BCUT2D eigenvalue weighted by Crippen LogP contribution is 2.49. The summed E-state index contributed by atoms with van der Waals surface area (Å²) in [7, 11) is 6.23. The third-order valence-electron chi connectivity index (χ3n) is 16.3. The number of primary amides is 1. The maximum absolute atomic E-state index is 13.5. The average Bonchev–Trinajstić information content (AvgIpc) is 1.79. The third kappa shape index (κ3) is 14.7. The monoisotopic (exact) mass is 1400 g/mol. The zero-order chi connectivity index (χ0) is 63.2. The van der Waals surface area contributed by atoms with Gasteiger partial charge >= 0.3 is 0 Å². The number of nitrogens with one attached hydrogen (secondary N) is 3. The van der Waals surface area contributed by atoms with Crippen molar-refractivity contribution in [2.45, 2.75) is 103 Å². The van der Waals surface area contributed by atoms with Crippen LogP contribution in [0.5, 0.6) is 23.0 Å². The second kappa shape index (κ2) is 29.3. The Morgan fingerprint density at radius 1 is 0.551 bits per heavy atom. The normalized spacial score (nSPS) is 20.2. The fourth-order valence-corrected chi connectivity index (χ4v) is 14.2. The van der Waals surface area contributed by atoms with E-state index < -0.39 is 0 Å². The smallest absolute Gasteiger partial charge is 0.256 e. The van der Waals surface area contributed by atoms with Crippen LogP contribution in [0.25, 0.3) is 44.1 Å². The summed E-state index contributed by atoms with van der Waals surface area (Å²) >= 11 is 29.0. The van der Waals surface area contributed by atoms with Crippen LogP contribution in [0.15, 0.2) is 97.1 Å². The van der Waals surface area contributed by atoms with Gasteiger partial charge in [-0.15, -0.1) is 0 Å². The summed E-state index contributed by atoms with van der Waals surface area (Å²) in [6.07, 6.45) is 5.69. The number of ether oxygens (including phenoxy) is 6. The van der Waals surface area contributed by atoms with Crippen molar-refractivity contribution in [3.63, 3.8) is 0 Å². The van der Waals surface area contributed by atoms with E-state index in [4.69, 9.17) is 90.8 Å². The Morgan fingerprint density at radius 2 is 0.944 bits per heavy atom. The molecule has 2 aromatic heterocycles. The molecule has 2 unspecified atom stereocenters. The summed E-state index contributed by atoms with van der Waals surface area (Å²) < 4.78 is 38.6. The van der Waals surface area contributed by atoms with Crippen molar-refractivity contribution in [1.29, 1.82) is 0 Å². The van der Waals surface area contributed by atoms with Gasteiger partial charge in [-0.05, 0) is 173 Å². The highest BCUT2D eigenvalue weighted by molar-refractivity contribution is 14.1. The summed E-state index contributed by atoms with van der Waals surface area (Å²) in [4.78, 5) is 29.1. The first-order valence-corrected chi connectivity index (χ1v) is 32.4. The van der Waals surface area contributed by atoms with E-state index in [1.807, 2.05) is 76.1 Å². The standard InChI is InChI=1S/C33H37Cl2N5O4.C20H19Cl2IN2O3.C13H19N3O/c1-19-17-39(18-20(2)36-19)23-11-8-21(9-12-23)33(41)37-32-24-13-10-22(15-25(24)40(38-32)28-7-5-6-14-44-28)29-30(34)26(42-3)16-27(43-4)31(29)35;1-26-14-10-15(27-2)19(22)17(18(14)21)11-6-7-12-13(9-11)25(24-20(12)23)16-5-3-4-8-28-16;1-9-7-16(8-10(2)15-9)12-5-3-11(4-6-12)13(14)17/h8-13,15-16,19-20,28,36H,5-7,14,17-18H2,1-4H3,(H,37,38,41);6-7,9-10,16H,3-5,8H2,1-2H3;3-6,9-10,15H,7-8H2,1-2H3,(H2,14,17)/t19-,20+,28?;;9-,10+. The number of methoxy groups -OCH3 is 4. The molecular weight excluding hydrogens is 1330 g/mol. The lowest BCUT2D eigenvalue weighted by molar-refractivity contribution is -0.0369. The van der Waals surface area contributed by atoms with E-state index in [1.54, 1.807) is 52.7 Å². The number of amides is 2. The number of halogens is 5. The first-order chi connectivity index (χ1) is 42.9. The van der Waals surface area contributed by atoms with Crippen LogP contribution >= 0.6 is 69.0 Å². The molecule has 4 aliphatic heterocycles. The largest absolute Gasteiger partial charge is 0.495 e. The number of piperazine rings is 2. The maximum Gasteiger partial charge on any atom is 0.256 e. The zero-order valence-corrected chi connectivity index (χ0v) is 56.3. The third-order valence-corrected chi connectivity index (χ3v) is 18.6. The summed E-state index contributed by atoms with van der Waals surface area (Å²) in [6, 6.07) is 32.2. The molecule has 0 aliphatic carbocycles. The SMILES string of the molecule is COc1cc(OC)c(Cl)c(-c2ccc3c(I)nn(C4CCCCO4)c3c2)c1Cl.COc1cc(OC)c(Cl)c(-c2ccc3c(NC(=O)c4ccc(N5C[C@@H](C)N[C@@H](C)C5)cc4)nn(C4CCCCO4)c3c2)c1Cl.C[C@@H]1CN(c2ccc(C(N)=O)cc2)C[C@H](C)N1. The van der Waals surface area contributed by atoms with Gasteiger partial charge in [-0.3, -0.25) is 9.59 Å². The average molecular weight is 1410 g/mol. The molecule has 23 heteroatoms. The molecule has 18 nitrogen and oxygen atoms in total. The van der Waals surface area contributed by atoms with Gasteiger partial charge in [0.05, 0.1) is 59.6 Å². The summed E-state index contributed by atoms with van der Waals surface area (Å²) in [5, 5.41) is 23.2. The van der Waals surface area contributed by atoms with Gasteiger partial charge in [0.15, 0.2) is 18.3 Å². The molecule has 4 aliphatic rings. The van der Waals surface area contributed by atoms with Crippen LogP contribution in [0.3, 0.4) is 0 Å². The number of carbonyl (C=O) groups is 2. The fraction of sp³-hybridized carbons (Fsp3) is 0.394. The number of anilines is 3. The second-order valence-corrected chi connectivity index (χ2v) is 25.4. The van der Waals surface area contributed by atoms with Gasteiger partial charge in [-0.1, -0.05) is 58.5 Å². The number of nitrogens with zero attached hydrogens (tertiary/aromatic N) is 6.